The van der Waals surface area contributed by atoms with Crippen LogP contribution < -0.4 is 5.32 Å². The zero-order valence-electron chi connectivity index (χ0n) is 13.6. The maximum Gasteiger partial charge on any atom is 0.225 e. The molecule has 0 saturated carbocycles. The fraction of sp³-hybridized carbons (Fsp3) is 0.625. The van der Waals surface area contributed by atoms with Gasteiger partial charge in [-0.25, -0.2) is 4.98 Å². The Hall–Kier alpha value is -1.46. The number of rotatable bonds is 9. The van der Waals surface area contributed by atoms with Crippen LogP contribution in [0.15, 0.2) is 18.3 Å². The summed E-state index contributed by atoms with van der Waals surface area (Å²) in [6.45, 7) is 6.61. The van der Waals surface area contributed by atoms with Crippen molar-refractivity contribution in [2.75, 3.05) is 32.6 Å². The number of carbonyl (C=O) groups excluding carboxylic acids is 1. The van der Waals surface area contributed by atoms with Crippen molar-refractivity contribution in [1.29, 1.82) is 0 Å². The van der Waals surface area contributed by atoms with Crippen molar-refractivity contribution in [3.63, 3.8) is 0 Å². The number of nitrogens with one attached hydrogen (secondary N) is 1. The number of anilines is 1. The molecule has 1 heterocycles. The first-order valence-corrected chi connectivity index (χ1v) is 7.43. The topological polar surface area (TPSA) is 54.5 Å². The molecule has 0 unspecified atom stereocenters. The number of aromatic nitrogens is 1. The summed E-state index contributed by atoms with van der Waals surface area (Å²) in [5.74, 6) is 1.19. The lowest BCUT2D eigenvalue weighted by Crippen LogP contribution is -2.22. The zero-order valence-corrected chi connectivity index (χ0v) is 13.6. The molecule has 0 saturated heterocycles. The number of hydrogen-bond donors (Lipinski definition) is 1. The average molecular weight is 293 g/mol. The van der Waals surface area contributed by atoms with Crippen LogP contribution in [0.5, 0.6) is 0 Å². The maximum atomic E-state index is 11.8. The molecule has 0 spiro atoms. The first kappa shape index (κ1) is 17.6. The van der Waals surface area contributed by atoms with Crippen LogP contribution in [0, 0.1) is 5.92 Å². The van der Waals surface area contributed by atoms with Crippen molar-refractivity contribution in [3.8, 4) is 0 Å². The van der Waals surface area contributed by atoms with Gasteiger partial charge in [0.1, 0.15) is 5.82 Å². The monoisotopic (exact) mass is 293 g/mol. The van der Waals surface area contributed by atoms with E-state index >= 15 is 0 Å². The SMILES string of the molecule is COCCN(C)Cc1ccnc(NC(=O)CCC(C)C)c1. The van der Waals surface area contributed by atoms with E-state index in [9.17, 15) is 4.79 Å². The Morgan fingerprint density at radius 3 is 2.90 bits per heavy atom. The van der Waals surface area contributed by atoms with E-state index in [0.717, 1.165) is 25.1 Å². The van der Waals surface area contributed by atoms with Crippen LogP contribution in [0.3, 0.4) is 0 Å². The third kappa shape index (κ3) is 7.78. The summed E-state index contributed by atoms with van der Waals surface area (Å²) in [6.07, 6.45) is 3.17. The number of hydrogen-bond acceptors (Lipinski definition) is 4. The highest BCUT2D eigenvalue weighted by Gasteiger charge is 2.06. The number of methoxy groups -OCH3 is 1. The van der Waals surface area contributed by atoms with Crippen molar-refractivity contribution in [1.82, 2.24) is 9.88 Å². The second kappa shape index (κ2) is 9.47. The minimum absolute atomic E-state index is 0.0288. The zero-order chi connectivity index (χ0) is 15.7. The van der Waals surface area contributed by atoms with Gasteiger partial charge in [0.25, 0.3) is 0 Å². The van der Waals surface area contributed by atoms with E-state index in [4.69, 9.17) is 4.74 Å². The number of amides is 1. The molecule has 0 aromatic carbocycles. The minimum atomic E-state index is 0.0288. The number of ether oxygens (including phenoxy) is 1. The van der Waals surface area contributed by atoms with Gasteiger partial charge in [0.2, 0.25) is 5.91 Å². The standard InChI is InChI=1S/C16H27N3O2/c1-13(2)5-6-16(20)18-15-11-14(7-8-17-15)12-19(3)9-10-21-4/h7-8,11,13H,5-6,9-10,12H2,1-4H3,(H,17,18,20). The predicted octanol–water partition coefficient (Wildman–Crippen LogP) is 2.53. The van der Waals surface area contributed by atoms with Gasteiger partial charge in [-0.15, -0.1) is 0 Å². The molecule has 1 aromatic heterocycles. The third-order valence-corrected chi connectivity index (χ3v) is 3.17. The molecule has 5 heteroatoms. The van der Waals surface area contributed by atoms with Gasteiger partial charge in [-0.2, -0.15) is 0 Å². The van der Waals surface area contributed by atoms with E-state index in [1.165, 1.54) is 0 Å². The lowest BCUT2D eigenvalue weighted by atomic mass is 10.1. The normalized spacial score (nSPS) is 11.1. The van der Waals surface area contributed by atoms with Gasteiger partial charge in [-0.3, -0.25) is 9.69 Å². The largest absolute Gasteiger partial charge is 0.383 e. The molecular weight excluding hydrogens is 266 g/mol. The van der Waals surface area contributed by atoms with Crippen molar-refractivity contribution in [3.05, 3.63) is 23.9 Å². The fourth-order valence-corrected chi connectivity index (χ4v) is 1.90. The summed E-state index contributed by atoms with van der Waals surface area (Å²) >= 11 is 0. The van der Waals surface area contributed by atoms with Crippen molar-refractivity contribution < 1.29 is 9.53 Å². The van der Waals surface area contributed by atoms with Gasteiger partial charge < -0.3 is 10.1 Å². The number of pyridine rings is 1. The minimum Gasteiger partial charge on any atom is -0.383 e. The van der Waals surface area contributed by atoms with Gasteiger partial charge in [0.05, 0.1) is 6.61 Å². The number of nitrogens with zero attached hydrogens (tertiary/aromatic N) is 2. The van der Waals surface area contributed by atoms with Crippen LogP contribution in [-0.2, 0) is 16.1 Å². The van der Waals surface area contributed by atoms with Gasteiger partial charge in [0, 0.05) is 32.8 Å². The predicted molar refractivity (Wildman–Crippen MR) is 85.1 cm³/mol. The first-order valence-electron chi connectivity index (χ1n) is 7.43. The summed E-state index contributed by atoms with van der Waals surface area (Å²) in [6, 6.07) is 3.89. The highest BCUT2D eigenvalue weighted by Crippen LogP contribution is 2.11. The maximum absolute atomic E-state index is 11.8. The highest BCUT2D eigenvalue weighted by atomic mass is 16.5. The Morgan fingerprint density at radius 2 is 2.24 bits per heavy atom. The second-order valence-corrected chi connectivity index (χ2v) is 5.76. The van der Waals surface area contributed by atoms with Gasteiger partial charge >= 0.3 is 0 Å². The van der Waals surface area contributed by atoms with E-state index in [0.29, 0.717) is 24.8 Å². The molecule has 1 rings (SSSR count). The summed E-state index contributed by atoms with van der Waals surface area (Å²) in [5, 5.41) is 2.86. The van der Waals surface area contributed by atoms with E-state index in [-0.39, 0.29) is 5.91 Å². The van der Waals surface area contributed by atoms with E-state index < -0.39 is 0 Å². The molecule has 118 valence electrons. The molecule has 1 N–H and O–H groups in total. The fourth-order valence-electron chi connectivity index (χ4n) is 1.90. The molecule has 0 aliphatic heterocycles. The van der Waals surface area contributed by atoms with E-state index in [1.807, 2.05) is 19.2 Å². The van der Waals surface area contributed by atoms with Crippen LogP contribution in [0.2, 0.25) is 0 Å². The third-order valence-electron chi connectivity index (χ3n) is 3.17. The Labute approximate surface area is 127 Å². The molecule has 0 aliphatic carbocycles. The summed E-state index contributed by atoms with van der Waals surface area (Å²) < 4.78 is 5.06. The highest BCUT2D eigenvalue weighted by molar-refractivity contribution is 5.89. The summed E-state index contributed by atoms with van der Waals surface area (Å²) in [4.78, 5) is 18.2. The van der Waals surface area contributed by atoms with Gasteiger partial charge in [0.15, 0.2) is 0 Å². The van der Waals surface area contributed by atoms with Crippen molar-refractivity contribution >= 4 is 11.7 Å². The van der Waals surface area contributed by atoms with Crippen LogP contribution in [0.1, 0.15) is 32.3 Å². The molecule has 0 aliphatic rings. The van der Waals surface area contributed by atoms with Crippen LogP contribution in [-0.4, -0.2) is 43.1 Å². The molecule has 0 fully saturated rings. The first-order chi connectivity index (χ1) is 10.0. The van der Waals surface area contributed by atoms with E-state index in [2.05, 4.69) is 29.0 Å². The van der Waals surface area contributed by atoms with Crippen LogP contribution in [0.4, 0.5) is 5.82 Å². The van der Waals surface area contributed by atoms with Gasteiger partial charge in [-0.1, -0.05) is 13.8 Å². The molecule has 0 radical (unpaired) electrons. The molecule has 5 nitrogen and oxygen atoms in total. The summed E-state index contributed by atoms with van der Waals surface area (Å²) in [5.41, 5.74) is 1.13. The molecule has 21 heavy (non-hydrogen) atoms. The Bertz CT molecular complexity index is 435. The Balaban J connectivity index is 2.49. The lowest BCUT2D eigenvalue weighted by Gasteiger charge is -2.16. The molecule has 1 amide bonds. The van der Waals surface area contributed by atoms with Gasteiger partial charge in [-0.05, 0) is 37.1 Å². The molecule has 1 aromatic rings. The molecule has 0 bridgehead atoms. The van der Waals surface area contributed by atoms with Crippen LogP contribution in [0.25, 0.3) is 0 Å². The average Bonchev–Trinajstić information content (AvgIpc) is 2.43. The molecule has 0 atom stereocenters. The van der Waals surface area contributed by atoms with Crippen molar-refractivity contribution in [2.45, 2.75) is 33.2 Å². The van der Waals surface area contributed by atoms with Crippen LogP contribution >= 0.6 is 0 Å². The molecular formula is C16H27N3O2. The smallest absolute Gasteiger partial charge is 0.225 e. The Kier molecular flexibility index (Phi) is 7.93. The van der Waals surface area contributed by atoms with E-state index in [1.54, 1.807) is 13.3 Å². The number of likely N-dealkylation sites (N-methyl/N-ethyl adjacent to an activating group) is 1. The number of carbonyl (C=O) groups is 1. The Morgan fingerprint density at radius 1 is 1.48 bits per heavy atom. The lowest BCUT2D eigenvalue weighted by molar-refractivity contribution is -0.116. The second-order valence-electron chi connectivity index (χ2n) is 5.76. The summed E-state index contributed by atoms with van der Waals surface area (Å²) in [7, 11) is 3.74. The quantitative estimate of drug-likeness (QED) is 0.760. The van der Waals surface area contributed by atoms with Crippen molar-refractivity contribution in [2.24, 2.45) is 5.92 Å².